The Morgan fingerprint density at radius 2 is 2.25 bits per heavy atom. The van der Waals surface area contributed by atoms with E-state index in [4.69, 9.17) is 4.74 Å². The van der Waals surface area contributed by atoms with Gasteiger partial charge in [-0.1, -0.05) is 6.58 Å². The van der Waals surface area contributed by atoms with Gasteiger partial charge in [0.05, 0.1) is 6.61 Å². The molecule has 1 rings (SSSR count). The zero-order chi connectivity index (χ0) is 12.0. The molecule has 0 amide bonds. The van der Waals surface area contributed by atoms with E-state index < -0.39 is 0 Å². The van der Waals surface area contributed by atoms with Crippen LogP contribution in [0.5, 0.6) is 0 Å². The summed E-state index contributed by atoms with van der Waals surface area (Å²) >= 11 is 0. The van der Waals surface area contributed by atoms with Gasteiger partial charge in [0.15, 0.2) is 0 Å². The van der Waals surface area contributed by atoms with Crippen LogP contribution in [0.15, 0.2) is 12.2 Å². The van der Waals surface area contributed by atoms with Gasteiger partial charge in [0, 0.05) is 31.2 Å². The highest BCUT2D eigenvalue weighted by Crippen LogP contribution is 2.24. The number of rotatable bonds is 8. The lowest BCUT2D eigenvalue weighted by molar-refractivity contribution is -0.138. The molecule has 0 aromatic carbocycles. The molecule has 0 spiro atoms. The van der Waals surface area contributed by atoms with Crippen molar-refractivity contribution in [2.45, 2.75) is 25.8 Å². The lowest BCUT2D eigenvalue weighted by Crippen LogP contribution is -2.32. The first-order valence-corrected chi connectivity index (χ1v) is 5.91. The molecule has 0 atom stereocenters. The Labute approximate surface area is 97.6 Å². The molecule has 1 aliphatic rings. The molecule has 0 saturated heterocycles. The van der Waals surface area contributed by atoms with Gasteiger partial charge >= 0.3 is 5.97 Å². The van der Waals surface area contributed by atoms with E-state index in [1.54, 1.807) is 6.92 Å². The average Bonchev–Trinajstić information content (AvgIpc) is 3.07. The first-order chi connectivity index (χ1) is 7.65. The molecule has 0 aromatic rings. The van der Waals surface area contributed by atoms with E-state index in [0.717, 1.165) is 19.1 Å². The maximum Gasteiger partial charge on any atom is 0.334 e. The molecule has 0 aliphatic heterocycles. The molecular formula is C12H22N2O2. The van der Waals surface area contributed by atoms with Crippen molar-refractivity contribution in [1.82, 2.24) is 10.2 Å². The van der Waals surface area contributed by atoms with E-state index >= 15 is 0 Å². The molecule has 4 nitrogen and oxygen atoms in total. The normalized spacial score (nSPS) is 15.2. The quantitative estimate of drug-likeness (QED) is 0.377. The Bertz CT molecular complexity index is 249. The summed E-state index contributed by atoms with van der Waals surface area (Å²) in [6.45, 7) is 8.29. The summed E-state index contributed by atoms with van der Waals surface area (Å²) in [6, 6.07) is 0.787. The number of nitrogens with one attached hydrogen (secondary N) is 1. The number of likely N-dealkylation sites (N-methyl/N-ethyl adjacent to an activating group) is 1. The summed E-state index contributed by atoms with van der Waals surface area (Å²) in [7, 11) is 2.14. The fourth-order valence-corrected chi connectivity index (χ4v) is 1.50. The van der Waals surface area contributed by atoms with E-state index in [1.165, 1.54) is 12.8 Å². The lowest BCUT2D eigenvalue weighted by Gasteiger charge is -2.15. The van der Waals surface area contributed by atoms with E-state index in [0.29, 0.717) is 18.7 Å². The van der Waals surface area contributed by atoms with Gasteiger partial charge in [-0.15, -0.1) is 0 Å². The van der Waals surface area contributed by atoms with Gasteiger partial charge in [-0.05, 0) is 26.8 Å². The molecule has 1 saturated carbocycles. The SMILES string of the molecule is C=C(CNCCN(C)C1CC1)C(=O)OCC. The third kappa shape index (κ3) is 4.77. The molecule has 92 valence electrons. The fraction of sp³-hybridized carbons (Fsp3) is 0.750. The molecular weight excluding hydrogens is 204 g/mol. The van der Waals surface area contributed by atoms with Crippen LogP contribution in [-0.2, 0) is 9.53 Å². The highest BCUT2D eigenvalue weighted by molar-refractivity contribution is 5.88. The summed E-state index contributed by atoms with van der Waals surface area (Å²) in [5.74, 6) is -0.300. The van der Waals surface area contributed by atoms with Gasteiger partial charge in [-0.3, -0.25) is 0 Å². The number of hydrogen-bond acceptors (Lipinski definition) is 4. The molecule has 0 unspecified atom stereocenters. The van der Waals surface area contributed by atoms with Crippen molar-refractivity contribution in [3.8, 4) is 0 Å². The Hall–Kier alpha value is -0.870. The summed E-state index contributed by atoms with van der Waals surface area (Å²) in [6.07, 6.45) is 2.65. The van der Waals surface area contributed by atoms with Crippen molar-refractivity contribution < 1.29 is 9.53 Å². The van der Waals surface area contributed by atoms with E-state index in [9.17, 15) is 4.79 Å². The Kier molecular flexibility index (Phi) is 5.49. The fourth-order valence-electron chi connectivity index (χ4n) is 1.50. The maximum atomic E-state index is 11.2. The highest BCUT2D eigenvalue weighted by atomic mass is 16.5. The van der Waals surface area contributed by atoms with Crippen molar-refractivity contribution in [3.05, 3.63) is 12.2 Å². The number of carbonyl (C=O) groups excluding carboxylic acids is 1. The molecule has 0 radical (unpaired) electrons. The third-order valence-electron chi connectivity index (χ3n) is 2.71. The molecule has 0 heterocycles. The monoisotopic (exact) mass is 226 g/mol. The smallest absolute Gasteiger partial charge is 0.334 e. The highest BCUT2D eigenvalue weighted by Gasteiger charge is 2.25. The van der Waals surface area contributed by atoms with Crippen molar-refractivity contribution in [2.24, 2.45) is 0 Å². The number of hydrogen-bond donors (Lipinski definition) is 1. The number of carbonyl (C=O) groups is 1. The van der Waals surface area contributed by atoms with E-state index in [-0.39, 0.29) is 5.97 Å². The first kappa shape index (κ1) is 13.2. The topological polar surface area (TPSA) is 41.6 Å². The van der Waals surface area contributed by atoms with Crippen LogP contribution in [0.2, 0.25) is 0 Å². The predicted octanol–water partition coefficient (Wildman–Crippen LogP) is 0.789. The number of nitrogens with zero attached hydrogens (tertiary/aromatic N) is 1. The predicted molar refractivity (Wildman–Crippen MR) is 64.3 cm³/mol. The summed E-state index contributed by atoms with van der Waals surface area (Å²) in [5.41, 5.74) is 0.496. The van der Waals surface area contributed by atoms with Crippen LogP contribution >= 0.6 is 0 Å². The van der Waals surface area contributed by atoms with Gasteiger partial charge < -0.3 is 15.0 Å². The van der Waals surface area contributed by atoms with E-state index in [2.05, 4.69) is 23.8 Å². The van der Waals surface area contributed by atoms with Crippen LogP contribution in [0.1, 0.15) is 19.8 Å². The maximum absolute atomic E-state index is 11.2. The van der Waals surface area contributed by atoms with E-state index in [1.807, 2.05) is 0 Å². The molecule has 1 fully saturated rings. The van der Waals surface area contributed by atoms with Gasteiger partial charge in [0.2, 0.25) is 0 Å². The van der Waals surface area contributed by atoms with Crippen LogP contribution in [0.3, 0.4) is 0 Å². The molecule has 1 aliphatic carbocycles. The van der Waals surface area contributed by atoms with Gasteiger partial charge in [0.1, 0.15) is 0 Å². The minimum Gasteiger partial charge on any atom is -0.463 e. The first-order valence-electron chi connectivity index (χ1n) is 5.91. The second-order valence-electron chi connectivity index (χ2n) is 4.21. The van der Waals surface area contributed by atoms with Crippen LogP contribution in [-0.4, -0.2) is 50.2 Å². The number of esters is 1. The molecule has 0 aromatic heterocycles. The molecule has 0 bridgehead atoms. The Balaban J connectivity index is 2.01. The zero-order valence-electron chi connectivity index (χ0n) is 10.3. The minimum absolute atomic E-state index is 0.300. The van der Waals surface area contributed by atoms with Gasteiger partial charge in [-0.2, -0.15) is 0 Å². The molecule has 16 heavy (non-hydrogen) atoms. The van der Waals surface area contributed by atoms with Gasteiger partial charge in [0.25, 0.3) is 0 Å². The zero-order valence-corrected chi connectivity index (χ0v) is 10.3. The van der Waals surface area contributed by atoms with Crippen molar-refractivity contribution in [2.75, 3.05) is 33.3 Å². The third-order valence-corrected chi connectivity index (χ3v) is 2.71. The standard InChI is InChI=1S/C12H22N2O2/c1-4-16-12(15)10(2)9-13-7-8-14(3)11-5-6-11/h11,13H,2,4-9H2,1,3H3. The van der Waals surface area contributed by atoms with Gasteiger partial charge in [-0.25, -0.2) is 4.79 Å². The molecule has 4 heteroatoms. The molecule has 1 N–H and O–H groups in total. The largest absolute Gasteiger partial charge is 0.463 e. The Morgan fingerprint density at radius 3 is 2.81 bits per heavy atom. The summed E-state index contributed by atoms with van der Waals surface area (Å²) in [4.78, 5) is 13.6. The van der Waals surface area contributed by atoms with Crippen molar-refractivity contribution >= 4 is 5.97 Å². The van der Waals surface area contributed by atoms with Crippen molar-refractivity contribution in [3.63, 3.8) is 0 Å². The second-order valence-corrected chi connectivity index (χ2v) is 4.21. The minimum atomic E-state index is -0.300. The average molecular weight is 226 g/mol. The van der Waals surface area contributed by atoms with Crippen molar-refractivity contribution in [1.29, 1.82) is 0 Å². The second kappa shape index (κ2) is 6.66. The summed E-state index contributed by atoms with van der Waals surface area (Å²) in [5, 5.41) is 3.20. The van der Waals surface area contributed by atoms with Crippen LogP contribution in [0.25, 0.3) is 0 Å². The lowest BCUT2D eigenvalue weighted by atomic mass is 10.3. The van der Waals surface area contributed by atoms with Crippen LogP contribution in [0.4, 0.5) is 0 Å². The van der Waals surface area contributed by atoms with Crippen LogP contribution in [0, 0.1) is 0 Å². The summed E-state index contributed by atoms with van der Waals surface area (Å²) < 4.78 is 4.84. The number of ether oxygens (including phenoxy) is 1. The Morgan fingerprint density at radius 1 is 1.56 bits per heavy atom. The van der Waals surface area contributed by atoms with Crippen LogP contribution < -0.4 is 5.32 Å².